The molecule has 0 radical (unpaired) electrons. The molecule has 0 saturated heterocycles. The molecule has 0 bridgehead atoms. The minimum atomic E-state index is -0.168. The molecular formula is C21H20BrN3O2. The summed E-state index contributed by atoms with van der Waals surface area (Å²) in [5.74, 6) is -0.0762. The number of hydrogen-bond donors (Lipinski definition) is 1. The van der Waals surface area contributed by atoms with Crippen molar-refractivity contribution in [3.63, 3.8) is 0 Å². The predicted molar refractivity (Wildman–Crippen MR) is 111 cm³/mol. The molecular weight excluding hydrogens is 406 g/mol. The molecule has 1 N–H and O–H groups in total. The fraction of sp³-hybridized carbons (Fsp3) is 0.190. The summed E-state index contributed by atoms with van der Waals surface area (Å²) >= 11 is 3.41. The highest BCUT2D eigenvalue weighted by Gasteiger charge is 2.07. The number of carbonyl (C=O) groups is 1. The monoisotopic (exact) mass is 425 g/mol. The Morgan fingerprint density at radius 3 is 2.63 bits per heavy atom. The van der Waals surface area contributed by atoms with Crippen LogP contribution in [0, 0.1) is 6.92 Å². The van der Waals surface area contributed by atoms with E-state index in [-0.39, 0.29) is 11.5 Å². The van der Waals surface area contributed by atoms with E-state index in [9.17, 15) is 9.59 Å². The number of carbonyl (C=O) groups excluding carboxylic acids is 1. The first-order valence-corrected chi connectivity index (χ1v) is 9.52. The van der Waals surface area contributed by atoms with Crippen LogP contribution < -0.4 is 10.9 Å². The summed E-state index contributed by atoms with van der Waals surface area (Å²) in [6, 6.07) is 18.6. The zero-order chi connectivity index (χ0) is 19.2. The Kier molecular flexibility index (Phi) is 6.19. The number of hydrogen-bond acceptors (Lipinski definition) is 3. The van der Waals surface area contributed by atoms with Crippen LogP contribution in [0.15, 0.2) is 69.9 Å². The molecule has 3 rings (SSSR count). The molecule has 0 aliphatic heterocycles. The minimum Gasteiger partial charge on any atom is -0.326 e. The second kappa shape index (κ2) is 8.77. The van der Waals surface area contributed by atoms with Gasteiger partial charge in [0.05, 0.1) is 5.69 Å². The van der Waals surface area contributed by atoms with Gasteiger partial charge >= 0.3 is 0 Å². The first kappa shape index (κ1) is 19.0. The Labute approximate surface area is 166 Å². The third kappa shape index (κ3) is 5.14. The smallest absolute Gasteiger partial charge is 0.266 e. The predicted octanol–water partition coefficient (Wildman–Crippen LogP) is 4.40. The van der Waals surface area contributed by atoms with Gasteiger partial charge in [-0.3, -0.25) is 9.59 Å². The van der Waals surface area contributed by atoms with Gasteiger partial charge in [-0.25, -0.2) is 4.68 Å². The molecule has 3 aromatic rings. The van der Waals surface area contributed by atoms with Crippen molar-refractivity contribution in [3.05, 3.63) is 81.1 Å². The third-order valence-corrected chi connectivity index (χ3v) is 4.67. The van der Waals surface area contributed by atoms with E-state index < -0.39 is 0 Å². The van der Waals surface area contributed by atoms with Crippen LogP contribution in [0.3, 0.4) is 0 Å². The molecule has 5 nitrogen and oxygen atoms in total. The van der Waals surface area contributed by atoms with Gasteiger partial charge in [0.15, 0.2) is 0 Å². The van der Waals surface area contributed by atoms with Crippen LogP contribution in [-0.4, -0.2) is 15.7 Å². The van der Waals surface area contributed by atoms with E-state index in [4.69, 9.17) is 0 Å². The number of nitrogens with one attached hydrogen (secondary N) is 1. The number of benzene rings is 2. The zero-order valence-corrected chi connectivity index (χ0v) is 16.6. The van der Waals surface area contributed by atoms with Crippen LogP contribution in [0.2, 0.25) is 0 Å². The van der Waals surface area contributed by atoms with Gasteiger partial charge in [-0.2, -0.15) is 5.10 Å². The standard InChI is InChI=1S/C21H20BrN3O2/c1-15-14-17(22)9-10-18(15)23-20(26)8-5-13-25-21(27)12-11-19(24-25)16-6-3-2-4-7-16/h2-4,6-7,9-12,14H,5,8,13H2,1H3,(H,23,26). The first-order chi connectivity index (χ1) is 13.0. The molecule has 0 fully saturated rings. The van der Waals surface area contributed by atoms with Gasteiger partial charge in [0.1, 0.15) is 0 Å². The highest BCUT2D eigenvalue weighted by atomic mass is 79.9. The van der Waals surface area contributed by atoms with Crippen molar-refractivity contribution in [2.75, 3.05) is 5.32 Å². The molecule has 6 heteroatoms. The number of halogens is 1. The van der Waals surface area contributed by atoms with Gasteiger partial charge in [0, 0.05) is 34.8 Å². The van der Waals surface area contributed by atoms with E-state index in [0.717, 1.165) is 27.0 Å². The molecule has 0 aliphatic rings. The lowest BCUT2D eigenvalue weighted by Crippen LogP contribution is -2.23. The zero-order valence-electron chi connectivity index (χ0n) is 15.0. The Morgan fingerprint density at radius 1 is 1.11 bits per heavy atom. The van der Waals surface area contributed by atoms with Crippen molar-refractivity contribution >= 4 is 27.5 Å². The van der Waals surface area contributed by atoms with Crippen LogP contribution in [-0.2, 0) is 11.3 Å². The number of amides is 1. The van der Waals surface area contributed by atoms with Gasteiger partial charge < -0.3 is 5.32 Å². The summed E-state index contributed by atoms with van der Waals surface area (Å²) in [6.45, 7) is 2.34. The van der Waals surface area contributed by atoms with E-state index in [0.29, 0.717) is 19.4 Å². The Morgan fingerprint density at radius 2 is 1.89 bits per heavy atom. The van der Waals surface area contributed by atoms with Crippen molar-refractivity contribution in [2.45, 2.75) is 26.3 Å². The van der Waals surface area contributed by atoms with Crippen molar-refractivity contribution in [3.8, 4) is 11.3 Å². The average Bonchev–Trinajstić information content (AvgIpc) is 2.66. The maximum Gasteiger partial charge on any atom is 0.266 e. The Hall–Kier alpha value is -2.73. The molecule has 0 spiro atoms. The average molecular weight is 426 g/mol. The maximum absolute atomic E-state index is 12.2. The van der Waals surface area contributed by atoms with Crippen molar-refractivity contribution < 1.29 is 4.79 Å². The second-order valence-corrected chi connectivity index (χ2v) is 7.17. The quantitative estimate of drug-likeness (QED) is 0.636. The molecule has 138 valence electrons. The second-order valence-electron chi connectivity index (χ2n) is 6.26. The normalized spacial score (nSPS) is 10.6. The Bertz CT molecular complexity index is 1000. The highest BCUT2D eigenvalue weighted by Crippen LogP contribution is 2.20. The molecule has 0 unspecified atom stereocenters. The highest BCUT2D eigenvalue weighted by molar-refractivity contribution is 9.10. The van der Waals surface area contributed by atoms with E-state index in [1.807, 2.05) is 55.5 Å². The van der Waals surface area contributed by atoms with E-state index in [2.05, 4.69) is 26.3 Å². The van der Waals surface area contributed by atoms with Crippen molar-refractivity contribution in [2.24, 2.45) is 0 Å². The topological polar surface area (TPSA) is 64.0 Å². The number of rotatable bonds is 6. The number of nitrogens with zero attached hydrogens (tertiary/aromatic N) is 2. The summed E-state index contributed by atoms with van der Waals surface area (Å²) in [4.78, 5) is 24.2. The largest absolute Gasteiger partial charge is 0.326 e. The number of aromatic nitrogens is 2. The van der Waals surface area contributed by atoms with Crippen LogP contribution in [0.4, 0.5) is 5.69 Å². The number of aryl methyl sites for hydroxylation is 2. The third-order valence-electron chi connectivity index (χ3n) is 4.17. The first-order valence-electron chi connectivity index (χ1n) is 8.72. The lowest BCUT2D eigenvalue weighted by molar-refractivity contribution is -0.116. The van der Waals surface area contributed by atoms with E-state index in [1.54, 1.807) is 6.07 Å². The fourth-order valence-electron chi connectivity index (χ4n) is 2.74. The Balaban J connectivity index is 1.60. The fourth-order valence-corrected chi connectivity index (χ4v) is 3.22. The van der Waals surface area contributed by atoms with Crippen LogP contribution in [0.1, 0.15) is 18.4 Å². The summed E-state index contributed by atoms with van der Waals surface area (Å²) < 4.78 is 2.39. The molecule has 27 heavy (non-hydrogen) atoms. The molecule has 1 aromatic heterocycles. The number of anilines is 1. The summed E-state index contributed by atoms with van der Waals surface area (Å²) in [6.07, 6.45) is 0.853. The van der Waals surface area contributed by atoms with Crippen molar-refractivity contribution in [1.82, 2.24) is 9.78 Å². The van der Waals surface area contributed by atoms with Gasteiger partial charge in [0.2, 0.25) is 5.91 Å². The molecule has 0 aliphatic carbocycles. The molecule has 0 atom stereocenters. The van der Waals surface area contributed by atoms with Gasteiger partial charge in [-0.05, 0) is 43.2 Å². The van der Waals surface area contributed by atoms with E-state index in [1.165, 1.54) is 10.7 Å². The summed E-state index contributed by atoms with van der Waals surface area (Å²) in [5.41, 5.74) is 3.31. The maximum atomic E-state index is 12.2. The van der Waals surface area contributed by atoms with Gasteiger partial charge in [-0.1, -0.05) is 46.3 Å². The van der Waals surface area contributed by atoms with Crippen molar-refractivity contribution in [1.29, 1.82) is 0 Å². The SMILES string of the molecule is Cc1cc(Br)ccc1NC(=O)CCCn1nc(-c2ccccc2)ccc1=O. The van der Waals surface area contributed by atoms with Crippen LogP contribution in [0.25, 0.3) is 11.3 Å². The molecule has 2 aromatic carbocycles. The molecule has 1 heterocycles. The minimum absolute atomic E-state index is 0.0762. The molecule has 0 saturated carbocycles. The van der Waals surface area contributed by atoms with Gasteiger partial charge in [0.25, 0.3) is 5.56 Å². The lowest BCUT2D eigenvalue weighted by Gasteiger charge is -2.10. The summed E-state index contributed by atoms with van der Waals surface area (Å²) in [5, 5.41) is 7.32. The lowest BCUT2D eigenvalue weighted by atomic mass is 10.1. The molecule has 1 amide bonds. The van der Waals surface area contributed by atoms with Crippen LogP contribution >= 0.6 is 15.9 Å². The van der Waals surface area contributed by atoms with Crippen LogP contribution in [0.5, 0.6) is 0 Å². The van der Waals surface area contributed by atoms with Gasteiger partial charge in [-0.15, -0.1) is 0 Å². The van der Waals surface area contributed by atoms with E-state index >= 15 is 0 Å². The summed E-state index contributed by atoms with van der Waals surface area (Å²) in [7, 11) is 0.